The molecule has 1 aliphatic heterocycles. The molecule has 2 fully saturated rings. The zero-order valence-electron chi connectivity index (χ0n) is 13.9. The first kappa shape index (κ1) is 15.4. The summed E-state index contributed by atoms with van der Waals surface area (Å²) in [4.78, 5) is 15.2. The zero-order valence-corrected chi connectivity index (χ0v) is 13.9. The third-order valence-electron chi connectivity index (χ3n) is 5.28. The molecular weight excluding hydrogens is 296 g/mol. The molecule has 4 rings (SSSR count). The van der Waals surface area contributed by atoms with E-state index >= 15 is 0 Å². The molecule has 3 heteroatoms. The van der Waals surface area contributed by atoms with Gasteiger partial charge in [-0.05, 0) is 29.9 Å². The number of amides is 1. The predicted molar refractivity (Wildman–Crippen MR) is 95.8 cm³/mol. The minimum atomic E-state index is 0.184. The molecule has 0 aromatic heterocycles. The van der Waals surface area contributed by atoms with Crippen molar-refractivity contribution in [1.29, 1.82) is 0 Å². The van der Waals surface area contributed by atoms with Gasteiger partial charge in [0, 0.05) is 31.6 Å². The van der Waals surface area contributed by atoms with Gasteiger partial charge in [-0.2, -0.15) is 0 Å². The van der Waals surface area contributed by atoms with E-state index in [1.165, 1.54) is 11.1 Å². The molecule has 2 aliphatic rings. The molecule has 0 radical (unpaired) electrons. The molecule has 0 spiro atoms. The van der Waals surface area contributed by atoms with Crippen LogP contribution in [-0.2, 0) is 11.2 Å². The first-order valence-electron chi connectivity index (χ1n) is 8.93. The Labute approximate surface area is 143 Å². The summed E-state index contributed by atoms with van der Waals surface area (Å²) in [6.07, 6.45) is 1.94. The van der Waals surface area contributed by atoms with Crippen LogP contribution in [0.2, 0.25) is 0 Å². The number of carbonyl (C=O) groups is 1. The molecule has 1 saturated heterocycles. The molecule has 3 nitrogen and oxygen atoms in total. The lowest BCUT2D eigenvalue weighted by Gasteiger charge is -2.36. The highest BCUT2D eigenvalue weighted by Crippen LogP contribution is 2.48. The van der Waals surface area contributed by atoms with Crippen LogP contribution < -0.4 is 5.32 Å². The number of hydrogen-bond acceptors (Lipinski definition) is 2. The Balaban J connectivity index is 1.44. The standard InChI is InChI=1S/C21H24N2O/c24-21(20-14-19(20)17-9-5-2-6-10-17)23-12-11-22-15-18(23)13-16-7-3-1-4-8-16/h1-10,18-20,22H,11-15H2/t18-,19?,20?/m0/s1. The molecule has 1 aliphatic carbocycles. The van der Waals surface area contributed by atoms with Crippen molar-refractivity contribution in [2.45, 2.75) is 24.8 Å². The molecule has 1 saturated carbocycles. The fraction of sp³-hybridized carbons (Fsp3) is 0.381. The van der Waals surface area contributed by atoms with Gasteiger partial charge in [-0.3, -0.25) is 4.79 Å². The largest absolute Gasteiger partial charge is 0.337 e. The van der Waals surface area contributed by atoms with Crippen molar-refractivity contribution < 1.29 is 4.79 Å². The van der Waals surface area contributed by atoms with Crippen LogP contribution in [0, 0.1) is 5.92 Å². The maximum absolute atomic E-state index is 13.0. The van der Waals surface area contributed by atoms with Crippen molar-refractivity contribution >= 4 is 5.91 Å². The van der Waals surface area contributed by atoms with Gasteiger partial charge < -0.3 is 10.2 Å². The van der Waals surface area contributed by atoms with Gasteiger partial charge in [-0.1, -0.05) is 60.7 Å². The van der Waals surface area contributed by atoms with Gasteiger partial charge in [0.05, 0.1) is 0 Å². The highest BCUT2D eigenvalue weighted by atomic mass is 16.2. The molecule has 1 amide bonds. The highest BCUT2D eigenvalue weighted by Gasteiger charge is 2.47. The van der Waals surface area contributed by atoms with E-state index in [0.717, 1.165) is 32.5 Å². The molecule has 1 N–H and O–H groups in total. The summed E-state index contributed by atoms with van der Waals surface area (Å²) in [5, 5.41) is 3.45. The van der Waals surface area contributed by atoms with Crippen molar-refractivity contribution in [1.82, 2.24) is 10.2 Å². The van der Waals surface area contributed by atoms with Crippen molar-refractivity contribution in [3.8, 4) is 0 Å². The predicted octanol–water partition coefficient (Wildman–Crippen LogP) is 2.83. The average Bonchev–Trinajstić information content (AvgIpc) is 3.44. The lowest BCUT2D eigenvalue weighted by atomic mass is 10.0. The van der Waals surface area contributed by atoms with E-state index in [1.807, 2.05) is 12.1 Å². The van der Waals surface area contributed by atoms with E-state index in [1.54, 1.807) is 0 Å². The second kappa shape index (κ2) is 6.78. The van der Waals surface area contributed by atoms with E-state index in [0.29, 0.717) is 11.8 Å². The van der Waals surface area contributed by atoms with E-state index in [2.05, 4.69) is 58.7 Å². The van der Waals surface area contributed by atoms with E-state index in [-0.39, 0.29) is 12.0 Å². The highest BCUT2D eigenvalue weighted by molar-refractivity contribution is 5.83. The Hall–Kier alpha value is -2.13. The lowest BCUT2D eigenvalue weighted by molar-refractivity contribution is -0.135. The van der Waals surface area contributed by atoms with Crippen LogP contribution in [0.3, 0.4) is 0 Å². The van der Waals surface area contributed by atoms with Crippen LogP contribution in [0.25, 0.3) is 0 Å². The third-order valence-corrected chi connectivity index (χ3v) is 5.28. The first-order valence-corrected chi connectivity index (χ1v) is 8.93. The minimum Gasteiger partial charge on any atom is -0.337 e. The maximum Gasteiger partial charge on any atom is 0.226 e. The van der Waals surface area contributed by atoms with Gasteiger partial charge in [0.25, 0.3) is 0 Å². The Morgan fingerprint density at radius 2 is 1.75 bits per heavy atom. The van der Waals surface area contributed by atoms with Gasteiger partial charge in [-0.25, -0.2) is 0 Å². The Kier molecular flexibility index (Phi) is 4.35. The molecule has 2 aromatic carbocycles. The lowest BCUT2D eigenvalue weighted by Crippen LogP contribution is -2.55. The molecule has 3 atom stereocenters. The summed E-state index contributed by atoms with van der Waals surface area (Å²) in [6, 6.07) is 21.2. The van der Waals surface area contributed by atoms with Gasteiger partial charge in [0.1, 0.15) is 0 Å². The van der Waals surface area contributed by atoms with Crippen molar-refractivity contribution in [2.24, 2.45) is 5.92 Å². The Morgan fingerprint density at radius 3 is 2.50 bits per heavy atom. The number of nitrogens with one attached hydrogen (secondary N) is 1. The summed E-state index contributed by atoms with van der Waals surface area (Å²) >= 11 is 0. The van der Waals surface area contributed by atoms with E-state index < -0.39 is 0 Å². The Bertz CT molecular complexity index is 685. The van der Waals surface area contributed by atoms with Crippen LogP contribution in [0.1, 0.15) is 23.5 Å². The molecule has 24 heavy (non-hydrogen) atoms. The number of rotatable bonds is 4. The smallest absolute Gasteiger partial charge is 0.226 e. The molecule has 2 aromatic rings. The quantitative estimate of drug-likeness (QED) is 0.939. The fourth-order valence-electron chi connectivity index (χ4n) is 3.87. The van der Waals surface area contributed by atoms with Crippen LogP contribution >= 0.6 is 0 Å². The summed E-state index contributed by atoms with van der Waals surface area (Å²) in [6.45, 7) is 2.62. The third kappa shape index (κ3) is 3.22. The second-order valence-electron chi connectivity index (χ2n) is 6.94. The summed E-state index contributed by atoms with van der Waals surface area (Å²) < 4.78 is 0. The topological polar surface area (TPSA) is 32.3 Å². The van der Waals surface area contributed by atoms with Gasteiger partial charge in [-0.15, -0.1) is 0 Å². The minimum absolute atomic E-state index is 0.184. The van der Waals surface area contributed by atoms with Gasteiger partial charge >= 0.3 is 0 Å². The summed E-state index contributed by atoms with van der Waals surface area (Å²) in [5.41, 5.74) is 2.62. The maximum atomic E-state index is 13.0. The average molecular weight is 320 g/mol. The fourth-order valence-corrected chi connectivity index (χ4v) is 3.87. The van der Waals surface area contributed by atoms with Crippen LogP contribution in [0.5, 0.6) is 0 Å². The normalized spacial score (nSPS) is 26.2. The SMILES string of the molecule is O=C(C1CC1c1ccccc1)N1CCNC[C@@H]1Cc1ccccc1. The molecule has 0 bridgehead atoms. The number of carbonyl (C=O) groups excluding carboxylic acids is 1. The molecular formula is C21H24N2O. The van der Waals surface area contributed by atoms with E-state index in [9.17, 15) is 4.79 Å². The van der Waals surface area contributed by atoms with Crippen LogP contribution in [0.4, 0.5) is 0 Å². The monoisotopic (exact) mass is 320 g/mol. The second-order valence-corrected chi connectivity index (χ2v) is 6.94. The van der Waals surface area contributed by atoms with Crippen molar-refractivity contribution in [3.05, 3.63) is 71.8 Å². The number of hydrogen-bond donors (Lipinski definition) is 1. The Morgan fingerprint density at radius 1 is 1.04 bits per heavy atom. The van der Waals surface area contributed by atoms with Crippen molar-refractivity contribution in [3.63, 3.8) is 0 Å². The number of benzene rings is 2. The molecule has 2 unspecified atom stereocenters. The van der Waals surface area contributed by atoms with Crippen LogP contribution in [-0.4, -0.2) is 36.5 Å². The van der Waals surface area contributed by atoms with Gasteiger partial charge in [0.2, 0.25) is 5.91 Å². The zero-order chi connectivity index (χ0) is 16.4. The van der Waals surface area contributed by atoms with Crippen molar-refractivity contribution in [2.75, 3.05) is 19.6 Å². The summed E-state index contributed by atoms with van der Waals surface area (Å²) in [7, 11) is 0. The molecule has 1 heterocycles. The van der Waals surface area contributed by atoms with E-state index in [4.69, 9.17) is 0 Å². The summed E-state index contributed by atoms with van der Waals surface area (Å²) in [5.74, 6) is 0.959. The van der Waals surface area contributed by atoms with Gasteiger partial charge in [0.15, 0.2) is 0 Å². The number of nitrogens with zero attached hydrogens (tertiary/aromatic N) is 1. The number of piperazine rings is 1. The molecule has 124 valence electrons. The first-order chi connectivity index (χ1) is 11.8. The van der Waals surface area contributed by atoms with Crippen LogP contribution in [0.15, 0.2) is 60.7 Å².